The fraction of sp³-hybridized carbons (Fsp3) is 0.474. The van der Waals surface area contributed by atoms with Gasteiger partial charge in [0.1, 0.15) is 16.5 Å². The average molecular weight is 469 g/mol. The van der Waals surface area contributed by atoms with Crippen molar-refractivity contribution in [3.63, 3.8) is 0 Å². The number of imidazole rings is 1. The molecule has 6 nitrogen and oxygen atoms in total. The zero-order valence-corrected chi connectivity index (χ0v) is 18.0. The maximum Gasteiger partial charge on any atom is 0.255 e. The number of methoxy groups -OCH3 is 1. The first-order valence-corrected chi connectivity index (χ1v) is 11.0. The van der Waals surface area contributed by atoms with Gasteiger partial charge in [0.25, 0.3) is 5.91 Å². The van der Waals surface area contributed by atoms with Gasteiger partial charge in [-0.2, -0.15) is 0 Å². The van der Waals surface area contributed by atoms with E-state index in [9.17, 15) is 9.18 Å². The molecule has 1 N–H and O–H groups in total. The highest BCUT2D eigenvalue weighted by Gasteiger charge is 2.19. The Morgan fingerprint density at radius 1 is 1.43 bits per heavy atom. The molecule has 1 fully saturated rings. The summed E-state index contributed by atoms with van der Waals surface area (Å²) in [6.45, 7) is 3.06. The van der Waals surface area contributed by atoms with Gasteiger partial charge in [-0.1, -0.05) is 11.3 Å². The summed E-state index contributed by atoms with van der Waals surface area (Å²) in [4.78, 5) is 20.2. The zero-order chi connectivity index (χ0) is 19.7. The molecule has 0 spiro atoms. The molecule has 28 heavy (non-hydrogen) atoms. The molecule has 1 aromatic carbocycles. The largest absolute Gasteiger partial charge is 0.496 e. The van der Waals surface area contributed by atoms with Crippen LogP contribution in [0.1, 0.15) is 29.6 Å². The predicted molar refractivity (Wildman–Crippen MR) is 112 cm³/mol. The van der Waals surface area contributed by atoms with Gasteiger partial charge < -0.3 is 15.0 Å². The van der Waals surface area contributed by atoms with Crippen LogP contribution < -0.4 is 10.1 Å². The van der Waals surface area contributed by atoms with Crippen LogP contribution >= 0.6 is 27.3 Å². The fourth-order valence-corrected chi connectivity index (χ4v) is 5.09. The molecular formula is C19H22BrFN4O2S. The van der Waals surface area contributed by atoms with E-state index in [2.05, 4.69) is 31.1 Å². The summed E-state index contributed by atoms with van der Waals surface area (Å²) in [5.41, 5.74) is 1.49. The molecule has 1 amide bonds. The SMILES string of the molecule is COc1cc2c(cc1C(=O)NCCCN1CCC(F)CC1)sc1nc(Br)cn12. The minimum Gasteiger partial charge on any atom is -0.496 e. The monoisotopic (exact) mass is 468 g/mol. The lowest BCUT2D eigenvalue weighted by atomic mass is 10.1. The van der Waals surface area contributed by atoms with Gasteiger partial charge in [-0.15, -0.1) is 0 Å². The summed E-state index contributed by atoms with van der Waals surface area (Å²) >= 11 is 4.92. The van der Waals surface area contributed by atoms with Crippen molar-refractivity contribution in [1.82, 2.24) is 19.6 Å². The molecule has 2 aromatic heterocycles. The lowest BCUT2D eigenvalue weighted by Crippen LogP contribution is -2.36. The first kappa shape index (κ1) is 19.6. The van der Waals surface area contributed by atoms with Crippen molar-refractivity contribution in [2.75, 3.05) is 33.3 Å². The minimum atomic E-state index is -0.653. The highest BCUT2D eigenvalue weighted by atomic mass is 79.9. The molecule has 9 heteroatoms. The summed E-state index contributed by atoms with van der Waals surface area (Å²) in [7, 11) is 1.57. The van der Waals surface area contributed by atoms with Crippen LogP contribution in [0, 0.1) is 0 Å². The van der Waals surface area contributed by atoms with Gasteiger partial charge in [0.15, 0.2) is 4.96 Å². The number of rotatable bonds is 6. The van der Waals surface area contributed by atoms with Crippen molar-refractivity contribution >= 4 is 48.4 Å². The number of piperidine rings is 1. The Hall–Kier alpha value is -1.71. The molecule has 0 atom stereocenters. The van der Waals surface area contributed by atoms with Crippen LogP contribution in [-0.2, 0) is 0 Å². The molecule has 0 radical (unpaired) electrons. The topological polar surface area (TPSA) is 58.9 Å². The predicted octanol–water partition coefficient (Wildman–Crippen LogP) is 3.87. The second-order valence-corrected chi connectivity index (χ2v) is 8.79. The van der Waals surface area contributed by atoms with Crippen LogP contribution in [0.4, 0.5) is 4.39 Å². The van der Waals surface area contributed by atoms with Crippen molar-refractivity contribution in [1.29, 1.82) is 0 Å². The number of ether oxygens (including phenoxy) is 1. The summed E-state index contributed by atoms with van der Waals surface area (Å²) in [6, 6.07) is 3.74. The Kier molecular flexibility index (Phi) is 5.84. The number of benzene rings is 1. The first-order valence-electron chi connectivity index (χ1n) is 9.35. The van der Waals surface area contributed by atoms with E-state index in [1.165, 1.54) is 11.3 Å². The Balaban J connectivity index is 1.41. The molecule has 4 rings (SSSR count). The Morgan fingerprint density at radius 2 is 2.21 bits per heavy atom. The average Bonchev–Trinajstić information content (AvgIpc) is 3.20. The fourth-order valence-electron chi connectivity index (χ4n) is 3.57. The van der Waals surface area contributed by atoms with E-state index in [0.717, 1.165) is 45.8 Å². The standard InChI is InChI=1S/C19H22BrFN4O2S/c1-27-15-10-14-16(28-19-23-17(20)11-25(14)19)9-13(15)18(26)22-5-2-6-24-7-3-12(21)4-8-24/h9-12H,2-8H2,1H3,(H,22,26). The van der Waals surface area contributed by atoms with Gasteiger partial charge in [-0.3, -0.25) is 9.20 Å². The van der Waals surface area contributed by atoms with E-state index >= 15 is 0 Å². The molecular weight excluding hydrogens is 447 g/mol. The van der Waals surface area contributed by atoms with E-state index in [4.69, 9.17) is 4.74 Å². The lowest BCUT2D eigenvalue weighted by Gasteiger charge is -2.28. The third-order valence-corrected chi connectivity index (χ3v) is 6.48. The number of fused-ring (bicyclic) bond motifs is 3. The van der Waals surface area contributed by atoms with Gasteiger partial charge in [0.2, 0.25) is 0 Å². The molecule has 3 heterocycles. The molecule has 0 saturated carbocycles. The van der Waals surface area contributed by atoms with Crippen LogP contribution in [-0.4, -0.2) is 59.7 Å². The quantitative estimate of drug-likeness (QED) is 0.557. The van der Waals surface area contributed by atoms with Crippen LogP contribution in [0.15, 0.2) is 22.9 Å². The minimum absolute atomic E-state index is 0.145. The smallest absolute Gasteiger partial charge is 0.255 e. The molecule has 1 aliphatic rings. The van der Waals surface area contributed by atoms with Crippen molar-refractivity contribution in [3.8, 4) is 5.75 Å². The number of nitrogens with one attached hydrogen (secondary N) is 1. The summed E-state index contributed by atoms with van der Waals surface area (Å²) < 4.78 is 22.4. The zero-order valence-electron chi connectivity index (χ0n) is 15.6. The van der Waals surface area contributed by atoms with Crippen molar-refractivity contribution in [3.05, 3.63) is 28.5 Å². The maximum atomic E-state index is 13.2. The van der Waals surface area contributed by atoms with Crippen LogP contribution in [0.3, 0.4) is 0 Å². The number of aromatic nitrogens is 2. The molecule has 1 saturated heterocycles. The third kappa shape index (κ3) is 4.01. The van der Waals surface area contributed by atoms with Crippen LogP contribution in [0.5, 0.6) is 5.75 Å². The van der Waals surface area contributed by atoms with Crippen LogP contribution in [0.25, 0.3) is 15.2 Å². The lowest BCUT2D eigenvalue weighted by molar-refractivity contribution is 0.0947. The van der Waals surface area contributed by atoms with E-state index in [1.54, 1.807) is 7.11 Å². The molecule has 0 aliphatic carbocycles. The first-order chi connectivity index (χ1) is 13.5. The number of carbonyl (C=O) groups is 1. The molecule has 0 bridgehead atoms. The van der Waals surface area contributed by atoms with Crippen molar-refractivity contribution in [2.45, 2.75) is 25.4 Å². The summed E-state index contributed by atoms with van der Waals surface area (Å²) in [5, 5.41) is 2.98. The Labute approximate surface area is 174 Å². The molecule has 1 aliphatic heterocycles. The number of alkyl halides is 1. The van der Waals surface area contributed by atoms with Gasteiger partial charge in [0.05, 0.1) is 22.9 Å². The summed E-state index contributed by atoms with van der Waals surface area (Å²) in [6.07, 6.45) is 3.32. The van der Waals surface area contributed by atoms with Gasteiger partial charge in [-0.05, 0) is 47.8 Å². The number of likely N-dealkylation sites (tertiary alicyclic amines) is 1. The Bertz CT molecular complexity index is 997. The molecule has 150 valence electrons. The van der Waals surface area contributed by atoms with E-state index in [1.807, 2.05) is 22.7 Å². The maximum absolute atomic E-state index is 13.2. The highest BCUT2D eigenvalue weighted by molar-refractivity contribution is 9.10. The normalized spacial score (nSPS) is 16.1. The number of hydrogen-bond acceptors (Lipinski definition) is 5. The Morgan fingerprint density at radius 3 is 2.96 bits per heavy atom. The molecule has 0 unspecified atom stereocenters. The van der Waals surface area contributed by atoms with Crippen molar-refractivity contribution in [2.24, 2.45) is 0 Å². The second kappa shape index (κ2) is 8.34. The number of thiazole rings is 1. The second-order valence-electron chi connectivity index (χ2n) is 6.96. The number of halogens is 2. The van der Waals surface area contributed by atoms with E-state index in [-0.39, 0.29) is 5.91 Å². The van der Waals surface area contributed by atoms with E-state index < -0.39 is 6.17 Å². The molecule has 3 aromatic rings. The van der Waals surface area contributed by atoms with E-state index in [0.29, 0.717) is 30.7 Å². The number of nitrogens with zero attached hydrogens (tertiary/aromatic N) is 3. The number of amides is 1. The summed E-state index contributed by atoms with van der Waals surface area (Å²) in [5.74, 6) is 0.396. The van der Waals surface area contributed by atoms with Crippen molar-refractivity contribution < 1.29 is 13.9 Å². The van der Waals surface area contributed by atoms with Gasteiger partial charge in [0, 0.05) is 31.9 Å². The van der Waals surface area contributed by atoms with Gasteiger partial charge in [-0.25, -0.2) is 9.37 Å². The third-order valence-electron chi connectivity index (χ3n) is 5.08. The number of hydrogen-bond donors (Lipinski definition) is 1. The highest BCUT2D eigenvalue weighted by Crippen LogP contribution is 2.33. The number of carbonyl (C=O) groups excluding carboxylic acids is 1. The van der Waals surface area contributed by atoms with Gasteiger partial charge >= 0.3 is 0 Å². The van der Waals surface area contributed by atoms with Crippen LogP contribution in [0.2, 0.25) is 0 Å².